The van der Waals surface area contributed by atoms with Crippen LogP contribution in [0.1, 0.15) is 15.9 Å². The number of rotatable bonds is 7. The topological polar surface area (TPSA) is 63.2 Å². The van der Waals surface area contributed by atoms with E-state index in [-0.39, 0.29) is 12.2 Å². The normalized spacial score (nSPS) is 10.1. The van der Waals surface area contributed by atoms with Crippen molar-refractivity contribution in [1.29, 1.82) is 0 Å². The van der Waals surface area contributed by atoms with Crippen molar-refractivity contribution in [3.05, 3.63) is 47.3 Å². The van der Waals surface area contributed by atoms with Crippen LogP contribution >= 0.6 is 0 Å². The predicted molar refractivity (Wildman–Crippen MR) is 88.2 cm³/mol. The minimum absolute atomic E-state index is 0.142. The molecule has 0 heterocycles. The number of benzene rings is 2. The molecule has 0 aliphatic carbocycles. The molecule has 7 heteroatoms. The highest BCUT2D eigenvalue weighted by Gasteiger charge is 2.18. The Hall–Kier alpha value is -2.96. The lowest BCUT2D eigenvalue weighted by Gasteiger charge is -2.14. The van der Waals surface area contributed by atoms with Crippen LogP contribution in [0.25, 0.3) is 0 Å². The molecule has 2 rings (SSSR count). The fourth-order valence-corrected chi connectivity index (χ4v) is 2.29. The van der Waals surface area contributed by atoms with Gasteiger partial charge in [-0.3, -0.25) is 0 Å². The van der Waals surface area contributed by atoms with Gasteiger partial charge in [-0.2, -0.15) is 0 Å². The summed E-state index contributed by atoms with van der Waals surface area (Å²) in [6.45, 7) is -0.142. The van der Waals surface area contributed by atoms with E-state index < -0.39 is 11.8 Å². The highest BCUT2D eigenvalue weighted by molar-refractivity contribution is 5.91. The van der Waals surface area contributed by atoms with Crippen LogP contribution in [0.4, 0.5) is 4.39 Å². The zero-order valence-electron chi connectivity index (χ0n) is 14.4. The first-order valence-corrected chi connectivity index (χ1v) is 7.33. The molecule has 6 nitrogen and oxygen atoms in total. The van der Waals surface area contributed by atoms with Crippen molar-refractivity contribution in [1.82, 2.24) is 0 Å². The molecule has 0 aromatic heterocycles. The van der Waals surface area contributed by atoms with Gasteiger partial charge >= 0.3 is 5.97 Å². The van der Waals surface area contributed by atoms with Gasteiger partial charge in [0.15, 0.2) is 11.5 Å². The number of hydrogen-bond acceptors (Lipinski definition) is 6. The van der Waals surface area contributed by atoms with Gasteiger partial charge in [-0.15, -0.1) is 0 Å². The number of ether oxygens (including phenoxy) is 5. The fraction of sp³-hybridized carbons (Fsp3) is 0.278. The monoisotopic (exact) mass is 350 g/mol. The van der Waals surface area contributed by atoms with E-state index in [1.807, 2.05) is 0 Å². The molecule has 0 radical (unpaired) electrons. The molecule has 0 spiro atoms. The average molecular weight is 350 g/mol. The molecule has 0 fully saturated rings. The molecule has 25 heavy (non-hydrogen) atoms. The molecule has 0 saturated heterocycles. The first-order valence-electron chi connectivity index (χ1n) is 7.33. The Morgan fingerprint density at radius 3 is 2.00 bits per heavy atom. The first-order chi connectivity index (χ1) is 12.0. The summed E-state index contributed by atoms with van der Waals surface area (Å²) in [7, 11) is 5.82. The molecule has 0 aliphatic rings. The van der Waals surface area contributed by atoms with Crippen LogP contribution in [0.5, 0.6) is 23.0 Å². The Bertz CT molecular complexity index is 734. The molecule has 0 unspecified atom stereocenters. The molecule has 0 saturated carbocycles. The van der Waals surface area contributed by atoms with Crippen LogP contribution in [0.3, 0.4) is 0 Å². The van der Waals surface area contributed by atoms with E-state index in [9.17, 15) is 9.18 Å². The summed E-state index contributed by atoms with van der Waals surface area (Å²) >= 11 is 0. The van der Waals surface area contributed by atoms with Gasteiger partial charge in [-0.05, 0) is 30.3 Å². The van der Waals surface area contributed by atoms with Crippen LogP contribution < -0.4 is 18.9 Å². The zero-order chi connectivity index (χ0) is 18.4. The first kappa shape index (κ1) is 18.4. The van der Waals surface area contributed by atoms with Crippen LogP contribution in [0.2, 0.25) is 0 Å². The summed E-state index contributed by atoms with van der Waals surface area (Å²) < 4.78 is 39.4. The quantitative estimate of drug-likeness (QED) is 0.715. The summed E-state index contributed by atoms with van der Waals surface area (Å²) in [6, 6.07) is 6.95. The fourth-order valence-electron chi connectivity index (χ4n) is 2.29. The molecule has 2 aromatic rings. The van der Waals surface area contributed by atoms with Crippen molar-refractivity contribution in [2.75, 3.05) is 28.4 Å². The number of carbonyl (C=O) groups is 1. The number of esters is 1. The van der Waals surface area contributed by atoms with Gasteiger partial charge in [0.25, 0.3) is 0 Å². The third kappa shape index (κ3) is 4.12. The second kappa shape index (κ2) is 8.23. The van der Waals surface area contributed by atoms with Crippen molar-refractivity contribution >= 4 is 5.97 Å². The van der Waals surface area contributed by atoms with E-state index in [1.54, 1.807) is 0 Å². The molecular formula is C18H19FO6. The largest absolute Gasteiger partial charge is 0.496 e. The SMILES string of the molecule is COc1ccc(F)cc1COC(=O)c1cc(OC)c(OC)c(OC)c1. The van der Waals surface area contributed by atoms with Gasteiger partial charge in [0.05, 0.1) is 34.0 Å². The molecule has 0 aliphatic heterocycles. The van der Waals surface area contributed by atoms with E-state index >= 15 is 0 Å². The third-order valence-corrected chi connectivity index (χ3v) is 3.50. The summed E-state index contributed by atoms with van der Waals surface area (Å²) in [5, 5.41) is 0. The predicted octanol–water partition coefficient (Wildman–Crippen LogP) is 3.22. The van der Waals surface area contributed by atoms with Crippen molar-refractivity contribution in [3.63, 3.8) is 0 Å². The Morgan fingerprint density at radius 2 is 1.48 bits per heavy atom. The Kier molecular flexibility index (Phi) is 6.05. The van der Waals surface area contributed by atoms with Gasteiger partial charge in [-0.1, -0.05) is 0 Å². The van der Waals surface area contributed by atoms with Gasteiger partial charge in [0.1, 0.15) is 18.2 Å². The lowest BCUT2D eigenvalue weighted by molar-refractivity contribution is 0.0469. The van der Waals surface area contributed by atoms with Gasteiger partial charge < -0.3 is 23.7 Å². The maximum atomic E-state index is 13.4. The van der Waals surface area contributed by atoms with Crippen LogP contribution in [-0.2, 0) is 11.3 Å². The lowest BCUT2D eigenvalue weighted by Crippen LogP contribution is -2.08. The summed E-state index contributed by atoms with van der Waals surface area (Å²) in [5.74, 6) is 0.395. The Morgan fingerprint density at radius 1 is 0.880 bits per heavy atom. The number of hydrogen-bond donors (Lipinski definition) is 0. The zero-order valence-corrected chi connectivity index (χ0v) is 14.4. The van der Waals surface area contributed by atoms with Crippen LogP contribution in [-0.4, -0.2) is 34.4 Å². The summed E-state index contributed by atoms with van der Waals surface area (Å²) in [6.07, 6.45) is 0. The molecule has 0 N–H and O–H groups in total. The summed E-state index contributed by atoms with van der Waals surface area (Å²) in [4.78, 5) is 12.3. The smallest absolute Gasteiger partial charge is 0.338 e. The highest BCUT2D eigenvalue weighted by atomic mass is 19.1. The minimum Gasteiger partial charge on any atom is -0.496 e. The minimum atomic E-state index is -0.620. The Balaban J connectivity index is 2.23. The second-order valence-corrected chi connectivity index (χ2v) is 4.95. The summed E-state index contributed by atoms with van der Waals surface area (Å²) in [5.41, 5.74) is 0.633. The van der Waals surface area contributed by atoms with E-state index in [1.165, 1.54) is 58.8 Å². The van der Waals surface area contributed by atoms with E-state index in [0.29, 0.717) is 28.6 Å². The lowest BCUT2D eigenvalue weighted by atomic mass is 10.1. The van der Waals surface area contributed by atoms with Crippen LogP contribution in [0, 0.1) is 5.82 Å². The molecular weight excluding hydrogens is 331 g/mol. The average Bonchev–Trinajstić information content (AvgIpc) is 2.64. The second-order valence-electron chi connectivity index (χ2n) is 4.95. The van der Waals surface area contributed by atoms with Crippen molar-refractivity contribution in [2.45, 2.75) is 6.61 Å². The maximum Gasteiger partial charge on any atom is 0.338 e. The third-order valence-electron chi connectivity index (χ3n) is 3.50. The van der Waals surface area contributed by atoms with Gasteiger partial charge in [-0.25, -0.2) is 9.18 Å². The number of carbonyl (C=O) groups excluding carboxylic acids is 1. The molecule has 0 atom stereocenters. The standard InChI is InChI=1S/C18H19FO6/c1-21-14-6-5-13(19)7-12(14)10-25-18(20)11-8-15(22-2)17(24-4)16(9-11)23-3/h5-9H,10H2,1-4H3. The maximum absolute atomic E-state index is 13.4. The van der Waals surface area contributed by atoms with E-state index in [4.69, 9.17) is 23.7 Å². The van der Waals surface area contributed by atoms with E-state index in [2.05, 4.69) is 0 Å². The Labute approximate surface area is 145 Å². The molecule has 0 bridgehead atoms. The number of halogens is 1. The van der Waals surface area contributed by atoms with Crippen molar-refractivity contribution < 1.29 is 32.9 Å². The van der Waals surface area contributed by atoms with E-state index in [0.717, 1.165) is 0 Å². The molecule has 134 valence electrons. The van der Waals surface area contributed by atoms with Gasteiger partial charge in [0.2, 0.25) is 5.75 Å². The van der Waals surface area contributed by atoms with Crippen molar-refractivity contribution in [3.8, 4) is 23.0 Å². The van der Waals surface area contributed by atoms with Crippen LogP contribution in [0.15, 0.2) is 30.3 Å². The number of methoxy groups -OCH3 is 4. The molecule has 2 aromatic carbocycles. The molecule has 0 amide bonds. The van der Waals surface area contributed by atoms with Crippen molar-refractivity contribution in [2.24, 2.45) is 0 Å². The highest BCUT2D eigenvalue weighted by Crippen LogP contribution is 2.38. The van der Waals surface area contributed by atoms with Gasteiger partial charge in [0, 0.05) is 5.56 Å².